The van der Waals surface area contributed by atoms with Gasteiger partial charge in [-0.2, -0.15) is 0 Å². The Morgan fingerprint density at radius 1 is 1.22 bits per heavy atom. The van der Waals surface area contributed by atoms with E-state index < -0.39 is 0 Å². The standard InChI is InChI=1S/C20H23N3O2S2/c1-10-6-11(2)8-15(7-10)21-18(24)14(5)26-9-16-22-19(25)17-12(3)13(4)27-20(17)23-16/h6-8,14H,9H2,1-5H3,(H,21,24)(H,22,23,25)/t14-/m0/s1. The lowest BCUT2D eigenvalue weighted by molar-refractivity contribution is -0.115. The van der Waals surface area contributed by atoms with Crippen LogP contribution in [-0.4, -0.2) is 21.1 Å². The Bertz CT molecular complexity index is 1050. The first-order chi connectivity index (χ1) is 12.7. The highest BCUT2D eigenvalue weighted by atomic mass is 32.2. The van der Waals surface area contributed by atoms with Gasteiger partial charge in [-0.15, -0.1) is 23.1 Å². The molecule has 0 aliphatic heterocycles. The molecule has 2 heterocycles. The number of amides is 1. The van der Waals surface area contributed by atoms with Gasteiger partial charge in [-0.05, 0) is 63.4 Å². The second-order valence-electron chi connectivity index (χ2n) is 6.79. The Hall–Kier alpha value is -2.12. The van der Waals surface area contributed by atoms with Gasteiger partial charge in [-0.1, -0.05) is 6.07 Å². The number of carbonyl (C=O) groups excluding carboxylic acids is 1. The number of anilines is 1. The van der Waals surface area contributed by atoms with E-state index in [4.69, 9.17) is 0 Å². The molecule has 2 aromatic heterocycles. The summed E-state index contributed by atoms with van der Waals surface area (Å²) in [5, 5.41) is 3.37. The van der Waals surface area contributed by atoms with Crippen molar-refractivity contribution < 1.29 is 4.79 Å². The normalized spacial score (nSPS) is 12.3. The van der Waals surface area contributed by atoms with Crippen LogP contribution >= 0.6 is 23.1 Å². The van der Waals surface area contributed by atoms with E-state index in [2.05, 4.69) is 21.4 Å². The van der Waals surface area contributed by atoms with E-state index in [1.165, 1.54) is 23.1 Å². The molecule has 1 amide bonds. The number of aromatic amines is 1. The molecule has 1 aromatic carbocycles. The predicted octanol–water partition coefficient (Wildman–Crippen LogP) is 4.48. The number of thioether (sulfide) groups is 1. The highest BCUT2D eigenvalue weighted by Crippen LogP contribution is 2.26. The molecule has 0 fully saturated rings. The number of hydrogen-bond acceptors (Lipinski definition) is 5. The zero-order chi connectivity index (χ0) is 19.7. The highest BCUT2D eigenvalue weighted by molar-refractivity contribution is 7.99. The predicted molar refractivity (Wildman–Crippen MR) is 115 cm³/mol. The fourth-order valence-corrected chi connectivity index (χ4v) is 4.74. The van der Waals surface area contributed by atoms with Crippen molar-refractivity contribution in [3.8, 4) is 0 Å². The first-order valence-electron chi connectivity index (χ1n) is 8.74. The topological polar surface area (TPSA) is 74.8 Å². The van der Waals surface area contributed by atoms with E-state index in [-0.39, 0.29) is 16.7 Å². The molecule has 0 saturated heterocycles. The van der Waals surface area contributed by atoms with Crippen LogP contribution in [0.1, 0.15) is 34.3 Å². The van der Waals surface area contributed by atoms with Gasteiger partial charge in [0.15, 0.2) is 0 Å². The number of aromatic nitrogens is 2. The number of carbonyl (C=O) groups is 1. The molecule has 3 aromatic rings. The monoisotopic (exact) mass is 401 g/mol. The van der Waals surface area contributed by atoms with Gasteiger partial charge in [0, 0.05) is 10.6 Å². The van der Waals surface area contributed by atoms with Crippen molar-refractivity contribution in [2.45, 2.75) is 45.6 Å². The molecule has 0 spiro atoms. The Balaban J connectivity index is 1.68. The third-order valence-electron chi connectivity index (χ3n) is 4.42. The zero-order valence-corrected chi connectivity index (χ0v) is 17.7. The van der Waals surface area contributed by atoms with Crippen LogP contribution in [0.2, 0.25) is 0 Å². The second-order valence-corrected chi connectivity index (χ2v) is 9.33. The molecule has 0 aliphatic carbocycles. The van der Waals surface area contributed by atoms with Crippen molar-refractivity contribution in [2.75, 3.05) is 5.32 Å². The highest BCUT2D eigenvalue weighted by Gasteiger charge is 2.16. The van der Waals surface area contributed by atoms with E-state index in [0.717, 1.165) is 32.1 Å². The van der Waals surface area contributed by atoms with Crippen LogP contribution in [-0.2, 0) is 10.5 Å². The molecule has 2 N–H and O–H groups in total. The van der Waals surface area contributed by atoms with Gasteiger partial charge in [0.05, 0.1) is 16.4 Å². The second kappa shape index (κ2) is 7.86. The number of hydrogen-bond donors (Lipinski definition) is 2. The Labute approximate surface area is 166 Å². The number of H-pyrrole nitrogens is 1. The fraction of sp³-hybridized carbons (Fsp3) is 0.350. The van der Waals surface area contributed by atoms with Gasteiger partial charge < -0.3 is 10.3 Å². The number of rotatable bonds is 5. The average Bonchev–Trinajstić information content (AvgIpc) is 2.86. The molecule has 0 unspecified atom stereocenters. The molecule has 0 saturated carbocycles. The van der Waals surface area contributed by atoms with Crippen molar-refractivity contribution in [1.29, 1.82) is 0 Å². The van der Waals surface area contributed by atoms with Crippen LogP contribution in [0, 0.1) is 27.7 Å². The molecule has 5 nitrogen and oxygen atoms in total. The maximum atomic E-state index is 12.5. The minimum Gasteiger partial charge on any atom is -0.325 e. The molecule has 0 bridgehead atoms. The van der Waals surface area contributed by atoms with Gasteiger partial charge in [0.25, 0.3) is 5.56 Å². The lowest BCUT2D eigenvalue weighted by atomic mass is 10.1. The van der Waals surface area contributed by atoms with Gasteiger partial charge >= 0.3 is 0 Å². The molecule has 1 atom stereocenters. The van der Waals surface area contributed by atoms with Gasteiger partial charge in [0.1, 0.15) is 10.7 Å². The van der Waals surface area contributed by atoms with Crippen LogP contribution < -0.4 is 10.9 Å². The number of thiophene rings is 1. The number of aryl methyl sites for hydroxylation is 4. The molecule has 7 heteroatoms. The number of nitrogens with one attached hydrogen (secondary N) is 2. The number of fused-ring (bicyclic) bond motifs is 1. The van der Waals surface area contributed by atoms with Crippen molar-refractivity contribution in [3.05, 3.63) is 55.9 Å². The van der Waals surface area contributed by atoms with E-state index >= 15 is 0 Å². The van der Waals surface area contributed by atoms with Gasteiger partial charge in [-0.3, -0.25) is 9.59 Å². The number of nitrogens with zero attached hydrogens (tertiary/aromatic N) is 1. The van der Waals surface area contributed by atoms with Gasteiger partial charge in [-0.25, -0.2) is 4.98 Å². The van der Waals surface area contributed by atoms with Crippen molar-refractivity contribution in [2.24, 2.45) is 0 Å². The smallest absolute Gasteiger partial charge is 0.259 e. The zero-order valence-electron chi connectivity index (χ0n) is 16.1. The minimum atomic E-state index is -0.265. The maximum Gasteiger partial charge on any atom is 0.259 e. The molecule has 0 aliphatic rings. The van der Waals surface area contributed by atoms with Crippen LogP contribution in [0.5, 0.6) is 0 Å². The fourth-order valence-electron chi connectivity index (χ4n) is 2.94. The van der Waals surface area contributed by atoms with E-state index in [1.54, 1.807) is 0 Å². The molecule has 142 valence electrons. The lowest BCUT2D eigenvalue weighted by Crippen LogP contribution is -2.23. The maximum absolute atomic E-state index is 12.5. The quantitative estimate of drug-likeness (QED) is 0.661. The van der Waals surface area contributed by atoms with Crippen LogP contribution in [0.15, 0.2) is 23.0 Å². The molecular weight excluding hydrogens is 378 g/mol. The largest absolute Gasteiger partial charge is 0.325 e. The average molecular weight is 402 g/mol. The summed E-state index contributed by atoms with van der Waals surface area (Å²) >= 11 is 2.99. The first-order valence-corrected chi connectivity index (χ1v) is 10.6. The SMILES string of the molecule is Cc1cc(C)cc(NC(=O)[C@H](C)SCc2nc3sc(C)c(C)c3c(=O)[nH]2)c1. The summed E-state index contributed by atoms with van der Waals surface area (Å²) in [6.45, 7) is 9.81. The molecular formula is C20H23N3O2S2. The lowest BCUT2D eigenvalue weighted by Gasteiger charge is -2.13. The summed E-state index contributed by atoms with van der Waals surface area (Å²) in [5.41, 5.74) is 3.92. The van der Waals surface area contributed by atoms with Crippen molar-refractivity contribution >= 4 is 44.9 Å². The Kier molecular flexibility index (Phi) is 5.72. The molecule has 0 radical (unpaired) electrons. The summed E-state index contributed by atoms with van der Waals surface area (Å²) in [6.07, 6.45) is 0. The van der Waals surface area contributed by atoms with Crippen molar-refractivity contribution in [1.82, 2.24) is 9.97 Å². The first kappa shape index (κ1) is 19.6. The van der Waals surface area contributed by atoms with E-state index in [9.17, 15) is 9.59 Å². The Morgan fingerprint density at radius 2 is 1.89 bits per heavy atom. The van der Waals surface area contributed by atoms with Crippen LogP contribution in [0.25, 0.3) is 10.2 Å². The summed E-state index contributed by atoms with van der Waals surface area (Å²) in [4.78, 5) is 34.1. The number of benzene rings is 1. The van der Waals surface area contributed by atoms with E-state index in [0.29, 0.717) is 17.0 Å². The van der Waals surface area contributed by atoms with Crippen LogP contribution in [0.4, 0.5) is 5.69 Å². The van der Waals surface area contributed by atoms with Gasteiger partial charge in [0.2, 0.25) is 5.91 Å². The summed E-state index contributed by atoms with van der Waals surface area (Å²) in [6, 6.07) is 5.98. The molecule has 3 rings (SSSR count). The van der Waals surface area contributed by atoms with Crippen LogP contribution in [0.3, 0.4) is 0 Å². The Morgan fingerprint density at radius 3 is 2.56 bits per heavy atom. The summed E-state index contributed by atoms with van der Waals surface area (Å²) in [5.74, 6) is 1.02. The third kappa shape index (κ3) is 4.42. The molecule has 27 heavy (non-hydrogen) atoms. The summed E-state index contributed by atoms with van der Waals surface area (Å²) in [7, 11) is 0. The third-order valence-corrected chi connectivity index (χ3v) is 6.67. The minimum absolute atomic E-state index is 0.0590. The van der Waals surface area contributed by atoms with E-state index in [1.807, 2.05) is 46.8 Å². The van der Waals surface area contributed by atoms with Crippen molar-refractivity contribution in [3.63, 3.8) is 0 Å². The summed E-state index contributed by atoms with van der Waals surface area (Å²) < 4.78 is 0.